The van der Waals surface area contributed by atoms with Crippen LogP contribution in [0.25, 0.3) is 128 Å². The fourth-order valence-corrected chi connectivity index (χ4v) is 9.64. The lowest BCUT2D eigenvalue weighted by Gasteiger charge is -2.10. The quantitative estimate of drug-likeness (QED) is 0.153. The van der Waals surface area contributed by atoms with Crippen molar-refractivity contribution in [3.05, 3.63) is 243 Å². The summed E-state index contributed by atoms with van der Waals surface area (Å²) in [4.78, 5) is 15.4. The van der Waals surface area contributed by atoms with Gasteiger partial charge in [0.05, 0.1) is 11.0 Å². The second-order valence-electron chi connectivity index (χ2n) is 17.2. The topological polar surface area (TPSA) is 56.7 Å². The van der Waals surface area contributed by atoms with E-state index in [9.17, 15) is 0 Å². The Morgan fingerprint density at radius 2 is 0.676 bits per heavy atom. The van der Waals surface area contributed by atoms with Gasteiger partial charge in [-0.15, -0.1) is 0 Å². The van der Waals surface area contributed by atoms with Crippen molar-refractivity contribution in [3.63, 3.8) is 0 Å². The van der Waals surface area contributed by atoms with E-state index in [1.54, 1.807) is 0 Å². The predicted octanol–water partition coefficient (Wildman–Crippen LogP) is 16.5. The maximum Gasteiger partial charge on any atom is 0.164 e. The Balaban J connectivity index is 0.906. The van der Waals surface area contributed by atoms with Crippen LogP contribution in [0.15, 0.2) is 247 Å². The molecule has 0 saturated carbocycles. The summed E-state index contributed by atoms with van der Waals surface area (Å²) < 4.78 is 9.13. The van der Waals surface area contributed by atoms with Crippen LogP contribution in [0, 0.1) is 0 Å². The van der Waals surface area contributed by atoms with Crippen LogP contribution in [0.4, 0.5) is 0 Å². The highest BCUT2D eigenvalue weighted by Crippen LogP contribution is 2.40. The van der Waals surface area contributed by atoms with E-state index in [1.165, 1.54) is 27.6 Å². The predicted molar refractivity (Wildman–Crippen MR) is 279 cm³/mol. The Morgan fingerprint density at radius 3 is 1.31 bits per heavy atom. The lowest BCUT2D eigenvalue weighted by Crippen LogP contribution is -2.00. The van der Waals surface area contributed by atoms with Gasteiger partial charge in [-0.3, -0.25) is 0 Å². The molecule has 0 radical (unpaired) electrons. The molecule has 0 spiro atoms. The minimum Gasteiger partial charge on any atom is -0.456 e. The summed E-state index contributed by atoms with van der Waals surface area (Å²) in [6.45, 7) is 0. The van der Waals surface area contributed by atoms with Crippen molar-refractivity contribution in [2.45, 2.75) is 0 Å². The summed E-state index contributed by atoms with van der Waals surface area (Å²) in [6, 6.07) is 85.3. The molecule has 0 aliphatic carbocycles. The normalized spacial score (nSPS) is 11.5. The molecule has 0 atom stereocenters. The molecule has 5 nitrogen and oxygen atoms in total. The van der Waals surface area contributed by atoms with Crippen molar-refractivity contribution in [3.8, 4) is 84.4 Å². The van der Waals surface area contributed by atoms with Gasteiger partial charge in [-0.05, 0) is 99.1 Å². The highest BCUT2D eigenvalue weighted by molar-refractivity contribution is 6.17. The monoisotopic (exact) mass is 868 g/mol. The van der Waals surface area contributed by atoms with E-state index >= 15 is 0 Å². The lowest BCUT2D eigenvalue weighted by molar-refractivity contribution is 0.669. The van der Waals surface area contributed by atoms with E-state index in [0.717, 1.165) is 83.0 Å². The molecule has 3 aromatic heterocycles. The Labute approximate surface area is 392 Å². The van der Waals surface area contributed by atoms with E-state index in [4.69, 9.17) is 19.4 Å². The highest BCUT2D eigenvalue weighted by atomic mass is 16.3. The third-order valence-corrected chi connectivity index (χ3v) is 13.1. The summed E-state index contributed by atoms with van der Waals surface area (Å²) in [5, 5.41) is 4.38. The number of nitrogens with zero attached hydrogens (tertiary/aromatic N) is 4. The second kappa shape index (κ2) is 16.4. The van der Waals surface area contributed by atoms with E-state index in [0.29, 0.717) is 17.5 Å². The van der Waals surface area contributed by atoms with Crippen molar-refractivity contribution in [1.29, 1.82) is 0 Å². The molecule has 0 fully saturated rings. The second-order valence-corrected chi connectivity index (χ2v) is 17.2. The Morgan fingerprint density at radius 1 is 0.250 bits per heavy atom. The average Bonchev–Trinajstić information content (AvgIpc) is 3.95. The summed E-state index contributed by atoms with van der Waals surface area (Å²) in [5.74, 6) is 1.77. The zero-order valence-electron chi connectivity index (χ0n) is 36.8. The number of hydrogen-bond acceptors (Lipinski definition) is 4. The van der Waals surface area contributed by atoms with Crippen LogP contribution in [0.1, 0.15) is 0 Å². The van der Waals surface area contributed by atoms with Gasteiger partial charge in [-0.25, -0.2) is 15.0 Å². The first-order valence-electron chi connectivity index (χ1n) is 22.9. The van der Waals surface area contributed by atoms with Gasteiger partial charge in [0.2, 0.25) is 0 Å². The lowest BCUT2D eigenvalue weighted by atomic mass is 9.99. The first kappa shape index (κ1) is 39.2. The number of hydrogen-bond donors (Lipinski definition) is 0. The van der Waals surface area contributed by atoms with Crippen molar-refractivity contribution in [2.24, 2.45) is 0 Å². The van der Waals surface area contributed by atoms with Gasteiger partial charge >= 0.3 is 0 Å². The standard InChI is InChI=1S/C63H40N4O/c1-4-14-41(15-5-1)44-26-28-46(29-27-44)61-64-62(50-23-13-22-49(37-50)43-18-8-3-9-19-43)66-63(65-61)51-32-35-54-56-39-58-55(40-60(56)68-59(54)38-51)53-24-10-11-25-57(53)67(58)52-33-30-45(31-34-52)48-21-12-20-47(36-48)42-16-6-2-7-17-42/h1-40H. The van der Waals surface area contributed by atoms with Gasteiger partial charge in [0.15, 0.2) is 17.5 Å². The number of benzene rings is 10. The number of rotatable bonds is 8. The van der Waals surface area contributed by atoms with Gasteiger partial charge in [-0.1, -0.05) is 188 Å². The largest absolute Gasteiger partial charge is 0.456 e. The average molecular weight is 869 g/mol. The van der Waals surface area contributed by atoms with Gasteiger partial charge in [-0.2, -0.15) is 0 Å². The molecule has 0 aliphatic heterocycles. The molecule has 318 valence electrons. The van der Waals surface area contributed by atoms with Gasteiger partial charge in [0, 0.05) is 43.9 Å². The minimum absolute atomic E-state index is 0.572. The molecule has 0 unspecified atom stereocenters. The van der Waals surface area contributed by atoms with Crippen LogP contribution in [-0.4, -0.2) is 19.5 Å². The fourth-order valence-electron chi connectivity index (χ4n) is 9.64. The maximum absolute atomic E-state index is 6.76. The Hall–Kier alpha value is -9.19. The van der Waals surface area contributed by atoms with Crippen LogP contribution < -0.4 is 0 Å². The van der Waals surface area contributed by atoms with Crippen LogP contribution >= 0.6 is 0 Å². The molecule has 0 bridgehead atoms. The Bertz CT molecular complexity index is 3990. The first-order valence-corrected chi connectivity index (χ1v) is 22.9. The van der Waals surface area contributed by atoms with Gasteiger partial charge in [0.1, 0.15) is 11.2 Å². The van der Waals surface area contributed by atoms with Crippen molar-refractivity contribution in [1.82, 2.24) is 19.5 Å². The summed E-state index contributed by atoms with van der Waals surface area (Å²) in [5.41, 5.74) is 16.9. The zero-order chi connectivity index (χ0) is 45.0. The molecule has 13 aromatic rings. The van der Waals surface area contributed by atoms with E-state index in [-0.39, 0.29) is 0 Å². The highest BCUT2D eigenvalue weighted by Gasteiger charge is 2.19. The van der Waals surface area contributed by atoms with Crippen LogP contribution in [0.3, 0.4) is 0 Å². The molecular formula is C63H40N4O. The maximum atomic E-state index is 6.76. The van der Waals surface area contributed by atoms with Crippen molar-refractivity contribution >= 4 is 43.7 Å². The SMILES string of the molecule is c1ccc(-c2ccc(-c3nc(-c4cccc(-c5ccccc5)c4)nc(-c4ccc5c(c4)oc4cc6c7ccccc7n(-c7ccc(-c8cccc(-c9ccccc9)c8)cc7)c6cc45)n3)cc2)cc1. The molecule has 5 heteroatoms. The molecule has 3 heterocycles. The number of furan rings is 1. The first-order chi connectivity index (χ1) is 33.7. The van der Waals surface area contributed by atoms with Crippen LogP contribution in [0.5, 0.6) is 0 Å². The van der Waals surface area contributed by atoms with Crippen molar-refractivity contribution < 1.29 is 4.42 Å². The molecule has 13 rings (SSSR count). The molecule has 0 saturated heterocycles. The molecule has 0 amide bonds. The van der Waals surface area contributed by atoms with Gasteiger partial charge in [0.25, 0.3) is 0 Å². The van der Waals surface area contributed by atoms with E-state index < -0.39 is 0 Å². The third kappa shape index (κ3) is 7.02. The summed E-state index contributed by atoms with van der Waals surface area (Å²) in [6.07, 6.45) is 0. The summed E-state index contributed by atoms with van der Waals surface area (Å²) >= 11 is 0. The molecule has 0 N–H and O–H groups in total. The smallest absolute Gasteiger partial charge is 0.164 e. The molecule has 0 aliphatic rings. The summed E-state index contributed by atoms with van der Waals surface area (Å²) in [7, 11) is 0. The fraction of sp³-hybridized carbons (Fsp3) is 0. The molecular weight excluding hydrogens is 829 g/mol. The number of para-hydroxylation sites is 1. The van der Waals surface area contributed by atoms with Gasteiger partial charge < -0.3 is 8.98 Å². The van der Waals surface area contributed by atoms with Crippen LogP contribution in [0.2, 0.25) is 0 Å². The molecule has 10 aromatic carbocycles. The Kier molecular flexibility index (Phi) is 9.43. The van der Waals surface area contributed by atoms with E-state index in [2.05, 4.69) is 235 Å². The molecule has 68 heavy (non-hydrogen) atoms. The minimum atomic E-state index is 0.572. The van der Waals surface area contributed by atoms with E-state index in [1.807, 2.05) is 12.1 Å². The number of fused-ring (bicyclic) bond motifs is 6. The number of aromatic nitrogens is 4. The van der Waals surface area contributed by atoms with Crippen LogP contribution in [-0.2, 0) is 0 Å². The zero-order valence-corrected chi connectivity index (χ0v) is 36.8. The van der Waals surface area contributed by atoms with Crippen molar-refractivity contribution in [2.75, 3.05) is 0 Å². The third-order valence-electron chi connectivity index (χ3n) is 13.1.